The normalized spacial score (nSPS) is 24.7. The fraction of sp³-hybridized carbons (Fsp3) is 1.00. The number of hydrogen-bond donors (Lipinski definition) is 1. The van der Waals surface area contributed by atoms with Gasteiger partial charge in [0.2, 0.25) is 0 Å². The van der Waals surface area contributed by atoms with Crippen LogP contribution in [-0.4, -0.2) is 25.5 Å². The van der Waals surface area contributed by atoms with Gasteiger partial charge in [-0.2, -0.15) is 0 Å². The smallest absolute Gasteiger partial charge is 0.159 e. The molecule has 0 aromatic heterocycles. The van der Waals surface area contributed by atoms with Crippen molar-refractivity contribution < 1.29 is 9.47 Å². The Labute approximate surface area is 55.1 Å². The van der Waals surface area contributed by atoms with E-state index in [9.17, 15) is 0 Å². The van der Waals surface area contributed by atoms with Crippen LogP contribution in [0.3, 0.4) is 0 Å². The van der Waals surface area contributed by atoms with Crippen molar-refractivity contribution >= 4 is 0 Å². The topological polar surface area (TPSA) is 44.5 Å². The van der Waals surface area contributed by atoms with Gasteiger partial charge in [0.05, 0.1) is 13.2 Å². The van der Waals surface area contributed by atoms with E-state index in [0.29, 0.717) is 0 Å². The molecule has 1 heterocycles. The van der Waals surface area contributed by atoms with Crippen molar-refractivity contribution in [3.8, 4) is 0 Å². The molecule has 0 aromatic carbocycles. The van der Waals surface area contributed by atoms with Crippen molar-refractivity contribution in [2.24, 2.45) is 5.73 Å². The molecule has 2 N–H and O–H groups in total. The lowest BCUT2D eigenvalue weighted by molar-refractivity contribution is -0.0495. The quantitative estimate of drug-likeness (QED) is 0.578. The standard InChI is InChI=1S/C6H13NO2/c1-5(7)4-6-8-2-3-9-6/h5-6H,2-4,7H2,1H3/t5-/m0/s1. The number of hydrogen-bond acceptors (Lipinski definition) is 3. The predicted molar refractivity (Wildman–Crippen MR) is 34.0 cm³/mol. The maximum Gasteiger partial charge on any atom is 0.159 e. The molecule has 0 radical (unpaired) electrons. The third kappa shape index (κ3) is 2.30. The minimum Gasteiger partial charge on any atom is -0.350 e. The van der Waals surface area contributed by atoms with Crippen LogP contribution in [0, 0.1) is 0 Å². The van der Waals surface area contributed by atoms with E-state index in [2.05, 4.69) is 0 Å². The molecule has 54 valence electrons. The molecule has 0 aromatic rings. The lowest BCUT2D eigenvalue weighted by Gasteiger charge is -2.10. The molecule has 3 nitrogen and oxygen atoms in total. The fourth-order valence-electron chi connectivity index (χ4n) is 0.847. The summed E-state index contributed by atoms with van der Waals surface area (Å²) in [6.07, 6.45) is 0.769. The van der Waals surface area contributed by atoms with Gasteiger partial charge in [-0.25, -0.2) is 0 Å². The summed E-state index contributed by atoms with van der Waals surface area (Å²) in [5, 5.41) is 0. The zero-order valence-corrected chi connectivity index (χ0v) is 5.67. The summed E-state index contributed by atoms with van der Waals surface area (Å²) in [5.41, 5.74) is 5.51. The van der Waals surface area contributed by atoms with Crippen molar-refractivity contribution in [2.45, 2.75) is 25.7 Å². The summed E-state index contributed by atoms with van der Waals surface area (Å²) >= 11 is 0. The average molecular weight is 131 g/mol. The van der Waals surface area contributed by atoms with Crippen molar-refractivity contribution in [1.82, 2.24) is 0 Å². The third-order valence-electron chi connectivity index (χ3n) is 1.26. The Kier molecular flexibility index (Phi) is 2.45. The number of ether oxygens (including phenoxy) is 2. The maximum atomic E-state index is 5.51. The molecule has 3 heteroatoms. The van der Waals surface area contributed by atoms with E-state index in [-0.39, 0.29) is 12.3 Å². The van der Waals surface area contributed by atoms with Crippen molar-refractivity contribution in [1.29, 1.82) is 0 Å². The molecule has 0 aliphatic carbocycles. The van der Waals surface area contributed by atoms with E-state index in [0.717, 1.165) is 19.6 Å². The molecule has 0 bridgehead atoms. The Bertz CT molecular complexity index is 79.1. The van der Waals surface area contributed by atoms with Gasteiger partial charge in [0.25, 0.3) is 0 Å². The lowest BCUT2D eigenvalue weighted by Crippen LogP contribution is -2.23. The molecule has 1 aliphatic rings. The second-order valence-corrected chi connectivity index (χ2v) is 2.38. The first-order valence-corrected chi connectivity index (χ1v) is 3.28. The third-order valence-corrected chi connectivity index (χ3v) is 1.26. The van der Waals surface area contributed by atoms with Gasteiger partial charge in [0.1, 0.15) is 0 Å². The molecule has 0 saturated carbocycles. The van der Waals surface area contributed by atoms with E-state index in [1.54, 1.807) is 0 Å². The minimum atomic E-state index is -0.0370. The van der Waals surface area contributed by atoms with Crippen LogP contribution in [0.15, 0.2) is 0 Å². The van der Waals surface area contributed by atoms with Crippen LogP contribution in [0.2, 0.25) is 0 Å². The Morgan fingerprint density at radius 1 is 1.56 bits per heavy atom. The fourth-order valence-corrected chi connectivity index (χ4v) is 0.847. The average Bonchev–Trinajstić information content (AvgIpc) is 2.15. The highest BCUT2D eigenvalue weighted by Crippen LogP contribution is 2.08. The first-order valence-electron chi connectivity index (χ1n) is 3.28. The van der Waals surface area contributed by atoms with E-state index >= 15 is 0 Å². The summed E-state index contributed by atoms with van der Waals surface area (Å²) in [6.45, 7) is 3.39. The Hall–Kier alpha value is -0.120. The van der Waals surface area contributed by atoms with E-state index in [1.807, 2.05) is 6.92 Å². The highest BCUT2D eigenvalue weighted by molar-refractivity contribution is 4.59. The number of rotatable bonds is 2. The lowest BCUT2D eigenvalue weighted by atomic mass is 10.2. The molecular weight excluding hydrogens is 118 g/mol. The van der Waals surface area contributed by atoms with Crippen LogP contribution >= 0.6 is 0 Å². The van der Waals surface area contributed by atoms with Gasteiger partial charge in [0, 0.05) is 12.5 Å². The highest BCUT2D eigenvalue weighted by Gasteiger charge is 2.16. The van der Waals surface area contributed by atoms with Gasteiger partial charge in [-0.15, -0.1) is 0 Å². The molecule has 0 unspecified atom stereocenters. The Morgan fingerprint density at radius 2 is 2.11 bits per heavy atom. The molecule has 1 saturated heterocycles. The van der Waals surface area contributed by atoms with Crippen LogP contribution in [0.25, 0.3) is 0 Å². The molecule has 1 rings (SSSR count). The predicted octanol–water partition coefficient (Wildman–Crippen LogP) is 0.0966. The molecular formula is C6H13NO2. The van der Waals surface area contributed by atoms with E-state index in [1.165, 1.54) is 0 Å². The van der Waals surface area contributed by atoms with Gasteiger partial charge in [-0.05, 0) is 6.92 Å². The van der Waals surface area contributed by atoms with Crippen molar-refractivity contribution in [2.75, 3.05) is 13.2 Å². The Morgan fingerprint density at radius 3 is 2.56 bits per heavy atom. The molecule has 0 amide bonds. The zero-order valence-electron chi connectivity index (χ0n) is 5.67. The second kappa shape index (κ2) is 3.15. The summed E-state index contributed by atoms with van der Waals surface area (Å²) < 4.78 is 10.3. The van der Waals surface area contributed by atoms with Gasteiger partial charge < -0.3 is 15.2 Å². The monoisotopic (exact) mass is 131 g/mol. The SMILES string of the molecule is C[C@H](N)CC1OCCO1. The van der Waals surface area contributed by atoms with Crippen molar-refractivity contribution in [3.05, 3.63) is 0 Å². The minimum absolute atomic E-state index is 0.0370. The van der Waals surface area contributed by atoms with Crippen LogP contribution in [-0.2, 0) is 9.47 Å². The highest BCUT2D eigenvalue weighted by atomic mass is 16.7. The maximum absolute atomic E-state index is 5.51. The largest absolute Gasteiger partial charge is 0.350 e. The summed E-state index contributed by atoms with van der Waals surface area (Å²) in [5.74, 6) is 0. The zero-order chi connectivity index (χ0) is 6.69. The Balaban J connectivity index is 2.11. The summed E-state index contributed by atoms with van der Waals surface area (Å²) in [7, 11) is 0. The van der Waals surface area contributed by atoms with E-state index in [4.69, 9.17) is 15.2 Å². The summed E-state index contributed by atoms with van der Waals surface area (Å²) in [4.78, 5) is 0. The second-order valence-electron chi connectivity index (χ2n) is 2.38. The van der Waals surface area contributed by atoms with Gasteiger partial charge >= 0.3 is 0 Å². The van der Waals surface area contributed by atoms with Crippen LogP contribution in [0.1, 0.15) is 13.3 Å². The van der Waals surface area contributed by atoms with Gasteiger partial charge in [-0.1, -0.05) is 0 Å². The van der Waals surface area contributed by atoms with Gasteiger partial charge in [0.15, 0.2) is 6.29 Å². The van der Waals surface area contributed by atoms with Crippen molar-refractivity contribution in [3.63, 3.8) is 0 Å². The molecule has 1 atom stereocenters. The molecule has 0 spiro atoms. The molecule has 1 aliphatic heterocycles. The number of nitrogens with two attached hydrogens (primary N) is 1. The summed E-state index contributed by atoms with van der Waals surface area (Å²) in [6, 6.07) is 0.174. The first-order chi connectivity index (χ1) is 4.29. The molecule has 1 fully saturated rings. The molecule has 9 heavy (non-hydrogen) atoms. The van der Waals surface area contributed by atoms with Crippen LogP contribution < -0.4 is 5.73 Å². The van der Waals surface area contributed by atoms with Crippen LogP contribution in [0.5, 0.6) is 0 Å². The van der Waals surface area contributed by atoms with Crippen LogP contribution in [0.4, 0.5) is 0 Å². The van der Waals surface area contributed by atoms with Gasteiger partial charge in [-0.3, -0.25) is 0 Å². The first kappa shape index (κ1) is 6.99. The van der Waals surface area contributed by atoms with E-state index < -0.39 is 0 Å².